The van der Waals surface area contributed by atoms with E-state index in [0.29, 0.717) is 16.7 Å². The topological polar surface area (TPSA) is 56.7 Å². The number of aromatic hydroxyl groups is 1. The Morgan fingerprint density at radius 2 is 1.91 bits per heavy atom. The minimum absolute atomic E-state index is 0.0559. The molecule has 0 unspecified atom stereocenters. The first-order chi connectivity index (χ1) is 10.8. The van der Waals surface area contributed by atoms with Gasteiger partial charge in [-0.3, -0.25) is 5.43 Å². The summed E-state index contributed by atoms with van der Waals surface area (Å²) in [5.41, 5.74) is 3.19. The van der Waals surface area contributed by atoms with Crippen molar-refractivity contribution in [2.45, 2.75) is 13.1 Å². The Kier molecular flexibility index (Phi) is 5.05. The molecule has 0 bridgehead atoms. The van der Waals surface area contributed by atoms with E-state index in [1.807, 2.05) is 23.5 Å². The molecule has 122 valence electrons. The highest BCUT2D eigenvalue weighted by molar-refractivity contribution is 7.80. The lowest BCUT2D eigenvalue weighted by atomic mass is 10.0. The number of phenols is 1. The number of phenolic OH excluding ortho intramolecular Hbond substituents is 1. The van der Waals surface area contributed by atoms with Crippen molar-refractivity contribution >= 4 is 33.8 Å². The molecule has 0 saturated heterocycles. The maximum Gasteiger partial charge on any atom is 0.405 e. The van der Waals surface area contributed by atoms with Gasteiger partial charge in [0.05, 0.1) is 5.71 Å². The van der Waals surface area contributed by atoms with Crippen LogP contribution < -0.4 is 10.7 Å². The summed E-state index contributed by atoms with van der Waals surface area (Å²) < 4.78 is 36.2. The quantitative estimate of drug-likeness (QED) is 0.455. The van der Waals surface area contributed by atoms with E-state index in [1.54, 1.807) is 25.1 Å². The lowest BCUT2D eigenvalue weighted by Gasteiger charge is -2.11. The predicted octanol–water partition coefficient (Wildman–Crippen LogP) is 3.30. The van der Waals surface area contributed by atoms with Crippen LogP contribution in [-0.2, 0) is 0 Å². The molecule has 8 heteroatoms. The molecule has 2 aromatic carbocycles. The molecule has 0 spiro atoms. The van der Waals surface area contributed by atoms with Gasteiger partial charge in [0, 0.05) is 10.9 Å². The average Bonchev–Trinajstić information content (AvgIpc) is 2.50. The number of halogens is 3. The lowest BCUT2D eigenvalue weighted by Crippen LogP contribution is -2.38. The van der Waals surface area contributed by atoms with Crippen molar-refractivity contribution in [1.82, 2.24) is 10.7 Å². The van der Waals surface area contributed by atoms with Crippen molar-refractivity contribution < 1.29 is 18.3 Å². The Hall–Kier alpha value is -2.35. The molecule has 3 N–H and O–H groups in total. The zero-order valence-electron chi connectivity index (χ0n) is 12.1. The third-order valence-electron chi connectivity index (χ3n) is 3.06. The molecule has 0 aliphatic heterocycles. The number of hydrazone groups is 1. The Morgan fingerprint density at radius 1 is 1.22 bits per heavy atom. The number of alkyl halides is 3. The van der Waals surface area contributed by atoms with E-state index < -0.39 is 12.7 Å². The molecule has 0 saturated carbocycles. The Bertz CT molecular complexity index is 759. The summed E-state index contributed by atoms with van der Waals surface area (Å²) in [5.74, 6) is 0.0559. The SMILES string of the molecule is C/C(=N\NC(=S)NCC(F)(F)F)c1ccc2ccccc2c1O. The molecule has 2 aromatic rings. The molecular weight excluding hydrogens is 327 g/mol. The summed E-state index contributed by atoms with van der Waals surface area (Å²) in [4.78, 5) is 0. The van der Waals surface area contributed by atoms with Gasteiger partial charge in [0.25, 0.3) is 0 Å². The minimum atomic E-state index is -4.36. The third kappa shape index (κ3) is 4.56. The molecule has 4 nitrogen and oxygen atoms in total. The molecule has 0 aliphatic carbocycles. The predicted molar refractivity (Wildman–Crippen MR) is 87.6 cm³/mol. The molecule has 2 rings (SSSR count). The van der Waals surface area contributed by atoms with E-state index in [4.69, 9.17) is 12.2 Å². The van der Waals surface area contributed by atoms with Gasteiger partial charge in [-0.05, 0) is 30.6 Å². The highest BCUT2D eigenvalue weighted by Crippen LogP contribution is 2.28. The molecule has 23 heavy (non-hydrogen) atoms. The summed E-state index contributed by atoms with van der Waals surface area (Å²) >= 11 is 4.71. The van der Waals surface area contributed by atoms with E-state index in [2.05, 4.69) is 10.5 Å². The molecule has 0 heterocycles. The second-order valence-electron chi connectivity index (χ2n) is 4.79. The van der Waals surface area contributed by atoms with E-state index in [0.717, 1.165) is 5.39 Å². The van der Waals surface area contributed by atoms with Gasteiger partial charge in [0.15, 0.2) is 5.11 Å². The van der Waals surface area contributed by atoms with Crippen LogP contribution in [0.2, 0.25) is 0 Å². The van der Waals surface area contributed by atoms with Gasteiger partial charge >= 0.3 is 6.18 Å². The van der Waals surface area contributed by atoms with Gasteiger partial charge in [0.1, 0.15) is 12.3 Å². The molecule has 0 atom stereocenters. The second kappa shape index (κ2) is 6.82. The van der Waals surface area contributed by atoms with Gasteiger partial charge < -0.3 is 10.4 Å². The zero-order chi connectivity index (χ0) is 17.0. The number of nitrogens with one attached hydrogen (secondary N) is 2. The average molecular weight is 341 g/mol. The van der Waals surface area contributed by atoms with Crippen LogP contribution in [0, 0.1) is 0 Å². The van der Waals surface area contributed by atoms with Crippen LogP contribution in [-0.4, -0.2) is 28.7 Å². The van der Waals surface area contributed by atoms with Crippen molar-refractivity contribution in [1.29, 1.82) is 0 Å². The van der Waals surface area contributed by atoms with Crippen LogP contribution in [0.1, 0.15) is 12.5 Å². The number of thiocarbonyl (C=S) groups is 1. The Labute approximate surface area is 136 Å². The number of fused-ring (bicyclic) bond motifs is 1. The smallest absolute Gasteiger partial charge is 0.405 e. The fraction of sp³-hybridized carbons (Fsp3) is 0.200. The van der Waals surface area contributed by atoms with E-state index >= 15 is 0 Å². The van der Waals surface area contributed by atoms with Crippen LogP contribution in [0.5, 0.6) is 5.75 Å². The Morgan fingerprint density at radius 3 is 2.61 bits per heavy atom. The summed E-state index contributed by atoms with van der Waals surface area (Å²) in [6.45, 7) is 0.373. The largest absolute Gasteiger partial charge is 0.507 e. The fourth-order valence-electron chi connectivity index (χ4n) is 1.96. The van der Waals surface area contributed by atoms with Crippen LogP contribution in [0.4, 0.5) is 13.2 Å². The van der Waals surface area contributed by atoms with Crippen molar-refractivity contribution in [2.75, 3.05) is 6.54 Å². The first-order valence-electron chi connectivity index (χ1n) is 6.64. The van der Waals surface area contributed by atoms with Crippen LogP contribution in [0.25, 0.3) is 10.8 Å². The Balaban J connectivity index is 2.12. The highest BCUT2D eigenvalue weighted by atomic mass is 32.1. The highest BCUT2D eigenvalue weighted by Gasteiger charge is 2.26. The summed E-state index contributed by atoms with van der Waals surface area (Å²) in [7, 11) is 0. The monoisotopic (exact) mass is 341 g/mol. The maximum absolute atomic E-state index is 12.1. The van der Waals surface area contributed by atoms with Gasteiger partial charge in [-0.15, -0.1) is 0 Å². The van der Waals surface area contributed by atoms with Gasteiger partial charge in [-0.25, -0.2) is 0 Å². The molecule has 0 amide bonds. The maximum atomic E-state index is 12.1. The van der Waals surface area contributed by atoms with Crippen molar-refractivity contribution in [3.05, 3.63) is 42.0 Å². The van der Waals surface area contributed by atoms with E-state index in [1.165, 1.54) is 0 Å². The van der Waals surface area contributed by atoms with Crippen LogP contribution in [0.15, 0.2) is 41.5 Å². The number of hydrogen-bond acceptors (Lipinski definition) is 3. The third-order valence-corrected chi connectivity index (χ3v) is 3.30. The molecular formula is C15H14F3N3OS. The number of rotatable bonds is 3. The van der Waals surface area contributed by atoms with Crippen LogP contribution in [0.3, 0.4) is 0 Å². The molecule has 0 radical (unpaired) electrons. The number of hydrogen-bond donors (Lipinski definition) is 3. The molecule has 0 aliphatic rings. The first kappa shape index (κ1) is 17.0. The van der Waals surface area contributed by atoms with Crippen LogP contribution >= 0.6 is 12.2 Å². The van der Waals surface area contributed by atoms with Crippen molar-refractivity contribution in [2.24, 2.45) is 5.10 Å². The summed E-state index contributed by atoms with van der Waals surface area (Å²) in [5, 5.41) is 17.5. The van der Waals surface area contributed by atoms with Gasteiger partial charge in [0.2, 0.25) is 0 Å². The molecule has 0 fully saturated rings. The van der Waals surface area contributed by atoms with E-state index in [9.17, 15) is 18.3 Å². The fourth-order valence-corrected chi connectivity index (χ4v) is 2.08. The summed E-state index contributed by atoms with van der Waals surface area (Å²) in [6.07, 6.45) is -4.36. The standard InChI is InChI=1S/C15H14F3N3OS/c1-9(20-21-14(23)19-8-15(16,17)18)11-7-6-10-4-2-3-5-12(10)13(11)22/h2-7,22H,8H2,1H3,(H2,19,21,23)/b20-9+. The van der Waals surface area contributed by atoms with Gasteiger partial charge in [-0.2, -0.15) is 18.3 Å². The number of benzene rings is 2. The van der Waals surface area contributed by atoms with Gasteiger partial charge in [-0.1, -0.05) is 30.3 Å². The van der Waals surface area contributed by atoms with E-state index in [-0.39, 0.29) is 10.9 Å². The number of nitrogens with zero attached hydrogens (tertiary/aromatic N) is 1. The minimum Gasteiger partial charge on any atom is -0.507 e. The van der Waals surface area contributed by atoms with Crippen molar-refractivity contribution in [3.8, 4) is 5.75 Å². The lowest BCUT2D eigenvalue weighted by molar-refractivity contribution is -0.122. The second-order valence-corrected chi connectivity index (χ2v) is 5.20. The first-order valence-corrected chi connectivity index (χ1v) is 7.05. The van der Waals surface area contributed by atoms with Crippen molar-refractivity contribution in [3.63, 3.8) is 0 Å². The zero-order valence-corrected chi connectivity index (χ0v) is 12.9. The molecule has 0 aromatic heterocycles. The normalized spacial score (nSPS) is 12.3. The summed E-state index contributed by atoms with van der Waals surface area (Å²) in [6, 6.07) is 10.8.